The van der Waals surface area contributed by atoms with Crippen LogP contribution in [0.2, 0.25) is 0 Å². The fourth-order valence-electron chi connectivity index (χ4n) is 4.85. The van der Waals surface area contributed by atoms with Gasteiger partial charge in [-0.15, -0.1) is 0 Å². The summed E-state index contributed by atoms with van der Waals surface area (Å²) in [5.74, 6) is 2.56. The normalized spacial score (nSPS) is 21.3. The number of nitrogens with one attached hydrogen (secondary N) is 1. The maximum absolute atomic E-state index is 11.5. The van der Waals surface area contributed by atoms with E-state index in [0.717, 1.165) is 48.7 Å². The molecule has 3 atom stereocenters. The number of benzene rings is 1. The summed E-state index contributed by atoms with van der Waals surface area (Å²) in [6.45, 7) is 7.51. The third-order valence-corrected chi connectivity index (χ3v) is 7.29. The van der Waals surface area contributed by atoms with Gasteiger partial charge < -0.3 is 19.7 Å². The lowest BCUT2D eigenvalue weighted by atomic mass is 9.96. The number of hydrogen-bond acceptors (Lipinski definition) is 7. The Bertz CT molecular complexity index is 1080. The van der Waals surface area contributed by atoms with Crippen LogP contribution in [-0.4, -0.2) is 53.1 Å². The summed E-state index contributed by atoms with van der Waals surface area (Å²) < 4.78 is 13.0. The zero-order valence-corrected chi connectivity index (χ0v) is 19.2. The molecular weight excluding hydrogens is 424 g/mol. The second kappa shape index (κ2) is 9.03. The standard InChI is InChI=1S/C24H28N4O3S/c1-3-20(26-15(2)29)16-8-10-28(12-16)13-17-14-30-21-11-18(6-7-19(17)21)31-24-27-23-22(32-24)5-4-9-25-23/h4-7,9,11,16-17,20H,3,8,10,12-14H2,1-2H3,(H,26,29)/t16?,17?,20-/m0/s1. The Morgan fingerprint density at radius 1 is 1.41 bits per heavy atom. The fourth-order valence-corrected chi connectivity index (χ4v) is 5.64. The molecule has 4 heterocycles. The fraction of sp³-hybridized carbons (Fsp3) is 0.458. The van der Waals surface area contributed by atoms with Gasteiger partial charge in [0.15, 0.2) is 5.65 Å². The summed E-state index contributed by atoms with van der Waals surface area (Å²) >= 11 is 1.49. The maximum Gasteiger partial charge on any atom is 0.281 e. The summed E-state index contributed by atoms with van der Waals surface area (Å²) in [5.41, 5.74) is 1.94. The summed E-state index contributed by atoms with van der Waals surface area (Å²) in [6.07, 6.45) is 3.84. The summed E-state index contributed by atoms with van der Waals surface area (Å²) in [5, 5.41) is 3.71. The molecule has 1 aromatic carbocycles. The lowest BCUT2D eigenvalue weighted by Gasteiger charge is -2.24. The monoisotopic (exact) mass is 452 g/mol. The number of ether oxygens (including phenoxy) is 2. The van der Waals surface area contributed by atoms with Gasteiger partial charge in [-0.25, -0.2) is 4.98 Å². The Kier molecular flexibility index (Phi) is 5.97. The van der Waals surface area contributed by atoms with Gasteiger partial charge in [0.25, 0.3) is 5.19 Å². The smallest absolute Gasteiger partial charge is 0.281 e. The van der Waals surface area contributed by atoms with Gasteiger partial charge >= 0.3 is 0 Å². The van der Waals surface area contributed by atoms with Crippen molar-refractivity contribution in [3.63, 3.8) is 0 Å². The van der Waals surface area contributed by atoms with E-state index in [-0.39, 0.29) is 11.9 Å². The van der Waals surface area contributed by atoms with Crippen molar-refractivity contribution in [2.45, 2.75) is 38.6 Å². The molecule has 168 valence electrons. The van der Waals surface area contributed by atoms with Crippen LogP contribution in [0.5, 0.6) is 16.7 Å². The van der Waals surface area contributed by atoms with Crippen LogP contribution < -0.4 is 14.8 Å². The first-order chi connectivity index (χ1) is 15.6. The van der Waals surface area contributed by atoms with Crippen LogP contribution in [-0.2, 0) is 4.79 Å². The number of nitrogens with zero attached hydrogens (tertiary/aromatic N) is 3. The van der Waals surface area contributed by atoms with Crippen LogP contribution >= 0.6 is 11.3 Å². The van der Waals surface area contributed by atoms with E-state index < -0.39 is 0 Å². The van der Waals surface area contributed by atoms with Gasteiger partial charge in [0.2, 0.25) is 5.91 Å². The van der Waals surface area contributed by atoms with Crippen molar-refractivity contribution in [3.05, 3.63) is 42.1 Å². The predicted molar refractivity (Wildman–Crippen MR) is 125 cm³/mol. The molecule has 0 bridgehead atoms. The minimum absolute atomic E-state index is 0.0635. The molecule has 2 aliphatic heterocycles. The van der Waals surface area contributed by atoms with E-state index >= 15 is 0 Å². The highest BCUT2D eigenvalue weighted by atomic mass is 32.1. The number of carbonyl (C=O) groups excluding carboxylic acids is 1. The van der Waals surface area contributed by atoms with Crippen molar-refractivity contribution in [1.82, 2.24) is 20.2 Å². The Balaban J connectivity index is 1.22. The number of fused-ring (bicyclic) bond motifs is 2. The molecule has 2 unspecified atom stereocenters. The third kappa shape index (κ3) is 4.42. The van der Waals surface area contributed by atoms with Crippen LogP contribution in [0.25, 0.3) is 10.3 Å². The second-order valence-electron chi connectivity index (χ2n) is 8.64. The number of aromatic nitrogens is 2. The van der Waals surface area contributed by atoms with Crippen molar-refractivity contribution < 1.29 is 14.3 Å². The first-order valence-electron chi connectivity index (χ1n) is 11.2. The van der Waals surface area contributed by atoms with Gasteiger partial charge in [0.05, 0.1) is 11.3 Å². The van der Waals surface area contributed by atoms with Crippen molar-refractivity contribution in [1.29, 1.82) is 0 Å². The molecule has 0 radical (unpaired) electrons. The number of hydrogen-bond donors (Lipinski definition) is 1. The first-order valence-corrected chi connectivity index (χ1v) is 12.1. The van der Waals surface area contributed by atoms with E-state index in [2.05, 4.69) is 33.2 Å². The highest BCUT2D eigenvalue weighted by Crippen LogP contribution is 2.39. The molecule has 8 heteroatoms. The molecular formula is C24H28N4O3S. The first kappa shape index (κ1) is 21.2. The Morgan fingerprint density at radius 3 is 3.12 bits per heavy atom. The van der Waals surface area contributed by atoms with Gasteiger partial charge in [-0.2, -0.15) is 4.98 Å². The van der Waals surface area contributed by atoms with Gasteiger partial charge in [-0.05, 0) is 43.5 Å². The molecule has 0 spiro atoms. The molecule has 1 amide bonds. The van der Waals surface area contributed by atoms with Crippen molar-refractivity contribution >= 4 is 27.6 Å². The van der Waals surface area contributed by atoms with Crippen LogP contribution in [0, 0.1) is 5.92 Å². The molecule has 1 N–H and O–H groups in total. The topological polar surface area (TPSA) is 76.6 Å². The number of carbonyl (C=O) groups is 1. The number of amides is 1. The molecule has 7 nitrogen and oxygen atoms in total. The van der Waals surface area contributed by atoms with Crippen LogP contribution in [0.4, 0.5) is 0 Å². The SMILES string of the molecule is CC[C@H](NC(C)=O)C1CCN(CC2COc3cc(Oc4nc5ncccc5s4)ccc32)C1. The second-order valence-corrected chi connectivity index (χ2v) is 9.63. The molecule has 3 aromatic rings. The molecule has 2 aliphatic rings. The highest BCUT2D eigenvalue weighted by molar-refractivity contribution is 7.20. The van der Waals surface area contributed by atoms with E-state index in [1.54, 1.807) is 13.1 Å². The van der Waals surface area contributed by atoms with Crippen LogP contribution in [0.1, 0.15) is 38.2 Å². The van der Waals surface area contributed by atoms with E-state index in [4.69, 9.17) is 9.47 Å². The molecule has 0 aliphatic carbocycles. The molecule has 1 saturated heterocycles. The molecule has 5 rings (SSSR count). The average Bonchev–Trinajstić information content (AvgIpc) is 3.50. The number of pyridine rings is 1. The number of likely N-dealkylation sites (tertiary alicyclic amines) is 1. The quantitative estimate of drug-likeness (QED) is 0.579. The maximum atomic E-state index is 11.5. The van der Waals surface area contributed by atoms with Crippen molar-refractivity contribution in [2.24, 2.45) is 5.92 Å². The van der Waals surface area contributed by atoms with Gasteiger partial charge in [-0.1, -0.05) is 24.3 Å². The lowest BCUT2D eigenvalue weighted by molar-refractivity contribution is -0.120. The average molecular weight is 453 g/mol. The summed E-state index contributed by atoms with van der Waals surface area (Å²) in [7, 11) is 0. The molecule has 2 aromatic heterocycles. The Labute approximate surface area is 191 Å². The summed E-state index contributed by atoms with van der Waals surface area (Å²) in [4.78, 5) is 22.7. The number of thiazole rings is 1. The zero-order chi connectivity index (χ0) is 22.1. The van der Waals surface area contributed by atoms with Gasteiger partial charge in [-0.3, -0.25) is 4.79 Å². The van der Waals surface area contributed by atoms with Gasteiger partial charge in [0, 0.05) is 49.8 Å². The predicted octanol–water partition coefficient (Wildman–Crippen LogP) is 4.20. The third-order valence-electron chi connectivity index (χ3n) is 6.40. The van der Waals surface area contributed by atoms with E-state index in [0.29, 0.717) is 29.3 Å². The van der Waals surface area contributed by atoms with Crippen LogP contribution in [0.3, 0.4) is 0 Å². The Hall–Kier alpha value is -2.71. The lowest BCUT2D eigenvalue weighted by Crippen LogP contribution is -2.40. The largest absolute Gasteiger partial charge is 0.492 e. The molecule has 1 fully saturated rings. The minimum atomic E-state index is 0.0635. The van der Waals surface area contributed by atoms with Crippen LogP contribution in [0.15, 0.2) is 36.5 Å². The number of rotatable bonds is 7. The summed E-state index contributed by atoms with van der Waals surface area (Å²) in [6, 6.07) is 10.2. The van der Waals surface area contributed by atoms with Crippen molar-refractivity contribution in [3.8, 4) is 16.7 Å². The van der Waals surface area contributed by atoms with E-state index in [1.807, 2.05) is 24.3 Å². The highest BCUT2D eigenvalue weighted by Gasteiger charge is 2.33. The van der Waals surface area contributed by atoms with E-state index in [1.165, 1.54) is 16.9 Å². The Morgan fingerprint density at radius 2 is 2.31 bits per heavy atom. The van der Waals surface area contributed by atoms with E-state index in [9.17, 15) is 4.79 Å². The van der Waals surface area contributed by atoms with Gasteiger partial charge in [0.1, 0.15) is 11.5 Å². The minimum Gasteiger partial charge on any atom is -0.492 e. The molecule has 32 heavy (non-hydrogen) atoms. The zero-order valence-electron chi connectivity index (χ0n) is 18.4. The van der Waals surface area contributed by atoms with Crippen molar-refractivity contribution in [2.75, 3.05) is 26.2 Å². The molecule has 0 saturated carbocycles.